The number of hydrogen-bond donors (Lipinski definition) is 1. The number of benzene rings is 3. The van der Waals surface area contributed by atoms with Crippen molar-refractivity contribution in [2.24, 2.45) is 7.05 Å². The Hall–Kier alpha value is -4.72. The lowest BCUT2D eigenvalue weighted by Gasteiger charge is -2.41. The molecule has 268 valence electrons. The molecule has 51 heavy (non-hydrogen) atoms. The lowest BCUT2D eigenvalue weighted by molar-refractivity contribution is 0.196. The van der Waals surface area contributed by atoms with Gasteiger partial charge in [-0.05, 0) is 81.2 Å². The van der Waals surface area contributed by atoms with Crippen LogP contribution in [0, 0.1) is 5.82 Å². The average molecular weight is 734 g/mol. The quantitative estimate of drug-likeness (QED) is 0.149. The molecule has 3 aromatic carbocycles. The second-order valence-electron chi connectivity index (χ2n) is 12.8. The van der Waals surface area contributed by atoms with Gasteiger partial charge in [0.25, 0.3) is 10.0 Å². The number of methoxy groups -OCH3 is 2. The number of anilines is 2. The molecule has 3 atom stereocenters. The van der Waals surface area contributed by atoms with E-state index in [0.29, 0.717) is 28.7 Å². The monoisotopic (exact) mass is 733 g/mol. The molecule has 1 saturated carbocycles. The van der Waals surface area contributed by atoms with Crippen molar-refractivity contribution in [3.8, 4) is 22.8 Å². The first-order chi connectivity index (χ1) is 24.5. The van der Waals surface area contributed by atoms with Crippen molar-refractivity contribution in [3.63, 3.8) is 0 Å². The van der Waals surface area contributed by atoms with Crippen LogP contribution in [-0.2, 0) is 23.6 Å². The Morgan fingerprint density at radius 1 is 1.02 bits per heavy atom. The third-order valence-electron chi connectivity index (χ3n) is 9.52. The summed E-state index contributed by atoms with van der Waals surface area (Å²) in [5.41, 5.74) is 4.27. The molecule has 0 bridgehead atoms. The molecule has 0 spiro atoms. The van der Waals surface area contributed by atoms with Crippen LogP contribution < -0.4 is 19.1 Å². The largest absolute Gasteiger partial charge is 0.497 e. The summed E-state index contributed by atoms with van der Waals surface area (Å²) in [6.45, 7) is -0.206. The van der Waals surface area contributed by atoms with E-state index < -0.39 is 20.7 Å². The van der Waals surface area contributed by atoms with Crippen LogP contribution in [0.15, 0.2) is 90.3 Å². The molecular weight excluding hydrogens is 693 g/mol. The molecule has 0 saturated heterocycles. The van der Waals surface area contributed by atoms with E-state index in [1.165, 1.54) is 38.4 Å². The van der Waals surface area contributed by atoms with E-state index in [-0.39, 0.29) is 29.5 Å². The molecule has 5 aromatic rings. The normalized spacial score (nSPS) is 17.7. The van der Waals surface area contributed by atoms with Crippen molar-refractivity contribution in [2.45, 2.75) is 48.7 Å². The molecule has 1 aliphatic carbocycles. The summed E-state index contributed by atoms with van der Waals surface area (Å²) in [7, 11) is 4.47. The van der Waals surface area contributed by atoms with Gasteiger partial charge in [0.15, 0.2) is 0 Å². The maximum absolute atomic E-state index is 16.1. The minimum Gasteiger partial charge on any atom is -0.497 e. The Morgan fingerprint density at radius 3 is 2.53 bits per heavy atom. The van der Waals surface area contributed by atoms with E-state index in [2.05, 4.69) is 49.5 Å². The summed E-state index contributed by atoms with van der Waals surface area (Å²) in [4.78, 5) is 9.68. The van der Waals surface area contributed by atoms with Gasteiger partial charge < -0.3 is 19.7 Å². The Bertz CT molecular complexity index is 2100. The number of aromatic nitrogens is 4. The maximum Gasteiger partial charge on any atom is 0.268 e. The first-order valence-electron chi connectivity index (χ1n) is 16.5. The zero-order valence-electron chi connectivity index (χ0n) is 29.1. The van der Waals surface area contributed by atoms with Crippen molar-refractivity contribution < 1.29 is 22.3 Å². The SMILES string of the molecule is COc1ccc(CN(c2ccncn2)S(=O)(=O)c2cc(Cl)c(N[C@H]3CC[C@H](c4cccc(-c5ccnn5C)c4)C[C@@H]3N(C)C)cc2F)c(OC)c1. The molecule has 0 aliphatic heterocycles. The third-order valence-corrected chi connectivity index (χ3v) is 11.6. The summed E-state index contributed by atoms with van der Waals surface area (Å²) in [5.74, 6) is 0.364. The predicted molar refractivity (Wildman–Crippen MR) is 196 cm³/mol. The molecule has 0 unspecified atom stereocenters. The highest BCUT2D eigenvalue weighted by Crippen LogP contribution is 2.39. The summed E-state index contributed by atoms with van der Waals surface area (Å²) in [6, 6.07) is 19.4. The molecular formula is C37H41ClFN7O4S. The number of halogens is 2. The van der Waals surface area contributed by atoms with Gasteiger partial charge in [-0.3, -0.25) is 4.68 Å². The topological polar surface area (TPSA) is 115 Å². The third kappa shape index (κ3) is 7.65. The van der Waals surface area contributed by atoms with Crippen molar-refractivity contribution in [1.82, 2.24) is 24.6 Å². The lowest BCUT2D eigenvalue weighted by Crippen LogP contribution is -2.47. The summed E-state index contributed by atoms with van der Waals surface area (Å²) >= 11 is 6.76. The number of sulfonamides is 1. The van der Waals surface area contributed by atoms with Crippen LogP contribution in [0.25, 0.3) is 11.3 Å². The molecule has 11 nitrogen and oxygen atoms in total. The number of hydrogen-bond acceptors (Lipinski definition) is 9. The predicted octanol–water partition coefficient (Wildman–Crippen LogP) is 6.76. The van der Waals surface area contributed by atoms with Crippen molar-refractivity contribution >= 4 is 33.1 Å². The Balaban J connectivity index is 1.25. The zero-order valence-corrected chi connectivity index (χ0v) is 30.7. The summed E-state index contributed by atoms with van der Waals surface area (Å²) in [5, 5.41) is 7.86. The van der Waals surface area contributed by atoms with Crippen molar-refractivity contribution in [3.05, 3.63) is 107 Å². The van der Waals surface area contributed by atoms with Crippen LogP contribution in [-0.4, -0.2) is 73.5 Å². The molecule has 2 heterocycles. The molecule has 14 heteroatoms. The average Bonchev–Trinajstić information content (AvgIpc) is 3.57. The first kappa shape index (κ1) is 36.1. The van der Waals surface area contributed by atoms with Gasteiger partial charge in [0.05, 0.1) is 37.2 Å². The molecule has 0 radical (unpaired) electrons. The highest BCUT2D eigenvalue weighted by atomic mass is 35.5. The first-order valence-corrected chi connectivity index (χ1v) is 18.3. The van der Waals surface area contributed by atoms with Gasteiger partial charge in [-0.25, -0.2) is 27.1 Å². The van der Waals surface area contributed by atoms with Crippen LogP contribution in [0.5, 0.6) is 11.5 Å². The summed E-state index contributed by atoms with van der Waals surface area (Å²) < 4.78 is 58.2. The van der Waals surface area contributed by atoms with Crippen molar-refractivity contribution in [2.75, 3.05) is 37.9 Å². The summed E-state index contributed by atoms with van der Waals surface area (Å²) in [6.07, 6.45) is 7.02. The molecule has 1 N–H and O–H groups in total. The van der Waals surface area contributed by atoms with E-state index in [4.69, 9.17) is 21.1 Å². The molecule has 1 fully saturated rings. The van der Waals surface area contributed by atoms with Gasteiger partial charge >= 0.3 is 0 Å². The van der Waals surface area contributed by atoms with Gasteiger partial charge in [0, 0.05) is 54.8 Å². The van der Waals surface area contributed by atoms with Crippen LogP contribution in [0.3, 0.4) is 0 Å². The standard InChI is InChI=1S/C37H41ClFN7O4S/c1-44(2)34-18-25(24-7-6-8-26(17-24)33-13-16-42-45(33)3)10-12-31(34)43-32-21-30(39)36(20-29(32)38)51(47,48)46(37-14-15-40-23-41-37)22-27-9-11-28(49-4)19-35(27)50-5/h6-9,11,13-17,19-21,23,25,31,34,43H,10,12,18,22H2,1-5H3/t25-,31-,34-/m0/s1. The van der Waals surface area contributed by atoms with Crippen LogP contribution in [0.1, 0.15) is 36.3 Å². The number of nitrogens with zero attached hydrogens (tertiary/aromatic N) is 6. The number of nitrogens with one attached hydrogen (secondary N) is 1. The molecule has 6 rings (SSSR count). The van der Waals surface area contributed by atoms with Gasteiger partial charge in [-0.2, -0.15) is 5.10 Å². The number of rotatable bonds is 12. The van der Waals surface area contributed by atoms with Crippen LogP contribution in [0.2, 0.25) is 5.02 Å². The fourth-order valence-corrected chi connectivity index (χ4v) is 8.57. The smallest absolute Gasteiger partial charge is 0.268 e. The van der Waals surface area contributed by atoms with Gasteiger partial charge in [0.1, 0.15) is 34.4 Å². The van der Waals surface area contributed by atoms with Gasteiger partial charge in [-0.1, -0.05) is 29.8 Å². The minimum absolute atomic E-state index is 0.0528. The van der Waals surface area contributed by atoms with Gasteiger partial charge in [-0.15, -0.1) is 0 Å². The zero-order chi connectivity index (χ0) is 36.3. The highest BCUT2D eigenvalue weighted by Gasteiger charge is 2.35. The molecule has 2 aromatic heterocycles. The van der Waals surface area contributed by atoms with E-state index in [1.807, 2.05) is 31.9 Å². The number of ether oxygens (including phenoxy) is 2. The fourth-order valence-electron chi connectivity index (χ4n) is 6.81. The lowest BCUT2D eigenvalue weighted by atomic mass is 9.77. The maximum atomic E-state index is 16.1. The number of likely N-dealkylation sites (N-methyl/N-ethyl adjacent to an activating group) is 1. The Labute approximate surface area is 303 Å². The van der Waals surface area contributed by atoms with E-state index in [0.717, 1.165) is 47.0 Å². The van der Waals surface area contributed by atoms with Gasteiger partial charge in [0.2, 0.25) is 0 Å². The molecule has 0 amide bonds. The fraction of sp³-hybridized carbons (Fsp3) is 0.324. The highest BCUT2D eigenvalue weighted by molar-refractivity contribution is 7.92. The van der Waals surface area contributed by atoms with E-state index in [1.54, 1.807) is 24.4 Å². The Morgan fingerprint density at radius 2 is 1.84 bits per heavy atom. The van der Waals surface area contributed by atoms with Crippen molar-refractivity contribution in [1.29, 1.82) is 0 Å². The second-order valence-corrected chi connectivity index (χ2v) is 15.0. The van der Waals surface area contributed by atoms with Crippen LogP contribution >= 0.6 is 11.6 Å². The van der Waals surface area contributed by atoms with E-state index in [9.17, 15) is 8.42 Å². The van der Waals surface area contributed by atoms with Crippen LogP contribution in [0.4, 0.5) is 15.9 Å². The Kier molecular flexibility index (Phi) is 10.8. The minimum atomic E-state index is -4.53. The number of aryl methyl sites for hydroxylation is 1. The molecule has 1 aliphatic rings. The second kappa shape index (κ2) is 15.3. The van der Waals surface area contributed by atoms with E-state index >= 15 is 4.39 Å².